The highest BCUT2D eigenvalue weighted by Crippen LogP contribution is 2.40. The number of carbonyl (C=O) groups is 1. The van der Waals surface area contributed by atoms with E-state index in [-0.39, 0.29) is 42.6 Å². The average Bonchev–Trinajstić information content (AvgIpc) is 3.39. The van der Waals surface area contributed by atoms with E-state index in [0.717, 1.165) is 37.3 Å². The van der Waals surface area contributed by atoms with Crippen molar-refractivity contribution in [1.82, 2.24) is 0 Å². The maximum atomic E-state index is 14.8. The standard InChI is InChI=1S/C31H30F4O4/c1-19-5-4-8-26(31(33,34)35)23(19)11-13-28(36)25-15-20(9-12-27(25)32)24-7-3-2-6-21(24)17-37-22-10-14-29-30(16-22)39-18-38-29/h4-5,8-10,12,14-16,21,24H,2-3,6-7,11,13,17-18H2,1H3/t21-,24-/m0/s1. The molecule has 5 rings (SSSR count). The number of benzene rings is 3. The van der Waals surface area contributed by atoms with Crippen LogP contribution in [0.1, 0.15) is 70.6 Å². The van der Waals surface area contributed by atoms with Crippen LogP contribution in [-0.4, -0.2) is 19.2 Å². The molecule has 0 radical (unpaired) electrons. The van der Waals surface area contributed by atoms with Crippen LogP contribution >= 0.6 is 0 Å². The summed E-state index contributed by atoms with van der Waals surface area (Å²) in [6.45, 7) is 2.23. The highest BCUT2D eigenvalue weighted by molar-refractivity contribution is 5.96. The Bertz CT molecular complexity index is 1350. The third-order valence-electron chi connectivity index (χ3n) is 7.75. The van der Waals surface area contributed by atoms with Crippen molar-refractivity contribution in [1.29, 1.82) is 0 Å². The number of alkyl halides is 3. The van der Waals surface area contributed by atoms with Gasteiger partial charge in [0.25, 0.3) is 0 Å². The molecule has 1 aliphatic heterocycles. The molecule has 1 saturated carbocycles. The third kappa shape index (κ3) is 6.05. The van der Waals surface area contributed by atoms with Gasteiger partial charge in [-0.25, -0.2) is 4.39 Å². The van der Waals surface area contributed by atoms with Gasteiger partial charge in [-0.3, -0.25) is 4.79 Å². The van der Waals surface area contributed by atoms with Gasteiger partial charge in [-0.1, -0.05) is 31.0 Å². The molecule has 39 heavy (non-hydrogen) atoms. The summed E-state index contributed by atoms with van der Waals surface area (Å²) in [4.78, 5) is 13.1. The fourth-order valence-corrected chi connectivity index (χ4v) is 5.68. The van der Waals surface area contributed by atoms with Crippen LogP contribution in [-0.2, 0) is 12.6 Å². The number of rotatable bonds is 8. The Morgan fingerprint density at radius 3 is 2.62 bits per heavy atom. The van der Waals surface area contributed by atoms with Gasteiger partial charge in [-0.2, -0.15) is 13.2 Å². The van der Waals surface area contributed by atoms with Gasteiger partial charge in [0.2, 0.25) is 6.79 Å². The monoisotopic (exact) mass is 542 g/mol. The molecule has 0 bridgehead atoms. The van der Waals surface area contributed by atoms with Crippen LogP contribution in [0.2, 0.25) is 0 Å². The van der Waals surface area contributed by atoms with E-state index in [9.17, 15) is 22.4 Å². The number of aryl methyl sites for hydroxylation is 1. The molecule has 8 heteroatoms. The van der Waals surface area contributed by atoms with E-state index in [2.05, 4.69) is 0 Å². The summed E-state index contributed by atoms with van der Waals surface area (Å²) in [6, 6.07) is 14.0. The molecule has 1 heterocycles. The first kappa shape index (κ1) is 27.0. The van der Waals surface area contributed by atoms with Gasteiger partial charge in [-0.05, 0) is 85.0 Å². The molecule has 3 aromatic rings. The highest BCUT2D eigenvalue weighted by Gasteiger charge is 2.34. The molecule has 0 amide bonds. The van der Waals surface area contributed by atoms with Gasteiger partial charge in [0.1, 0.15) is 11.6 Å². The van der Waals surface area contributed by atoms with E-state index in [1.807, 2.05) is 12.1 Å². The largest absolute Gasteiger partial charge is 0.493 e. The molecule has 0 spiro atoms. The van der Waals surface area contributed by atoms with Crippen LogP contribution in [0.15, 0.2) is 54.6 Å². The molecule has 206 valence electrons. The number of ketones is 1. The van der Waals surface area contributed by atoms with Crippen molar-refractivity contribution in [2.24, 2.45) is 5.92 Å². The number of hydrogen-bond acceptors (Lipinski definition) is 4. The number of fused-ring (bicyclic) bond motifs is 1. The number of carbonyl (C=O) groups excluding carboxylic acids is 1. The van der Waals surface area contributed by atoms with Crippen LogP contribution in [0.4, 0.5) is 17.6 Å². The minimum atomic E-state index is -4.52. The Kier molecular flexibility index (Phi) is 7.82. The van der Waals surface area contributed by atoms with Crippen LogP contribution in [0, 0.1) is 18.7 Å². The number of hydrogen-bond donors (Lipinski definition) is 0. The number of ether oxygens (including phenoxy) is 3. The molecule has 0 N–H and O–H groups in total. The van der Waals surface area contributed by atoms with E-state index in [1.165, 1.54) is 12.1 Å². The van der Waals surface area contributed by atoms with Crippen molar-refractivity contribution in [3.8, 4) is 17.2 Å². The third-order valence-corrected chi connectivity index (χ3v) is 7.75. The average molecular weight is 543 g/mol. The molecule has 2 aliphatic rings. The van der Waals surface area contributed by atoms with Gasteiger partial charge >= 0.3 is 6.18 Å². The first-order chi connectivity index (χ1) is 18.7. The Morgan fingerprint density at radius 2 is 1.79 bits per heavy atom. The van der Waals surface area contributed by atoms with E-state index >= 15 is 0 Å². The zero-order chi connectivity index (χ0) is 27.6. The molecular weight excluding hydrogens is 512 g/mol. The molecule has 4 nitrogen and oxygen atoms in total. The SMILES string of the molecule is Cc1cccc(C(F)(F)F)c1CCC(=O)c1cc([C@@H]2CCCC[C@H]2COc2ccc3c(c2)OCO3)ccc1F. The summed E-state index contributed by atoms with van der Waals surface area (Å²) in [5.41, 5.74) is 0.556. The van der Waals surface area contributed by atoms with Gasteiger partial charge < -0.3 is 14.2 Å². The lowest BCUT2D eigenvalue weighted by Gasteiger charge is -2.32. The lowest BCUT2D eigenvalue weighted by molar-refractivity contribution is -0.138. The summed E-state index contributed by atoms with van der Waals surface area (Å²) < 4.78 is 72.1. The van der Waals surface area contributed by atoms with E-state index < -0.39 is 23.3 Å². The van der Waals surface area contributed by atoms with Crippen molar-refractivity contribution in [2.75, 3.05) is 13.4 Å². The predicted octanol–water partition coefficient (Wildman–Crippen LogP) is 8.05. The lowest BCUT2D eigenvalue weighted by Crippen LogP contribution is -2.24. The zero-order valence-corrected chi connectivity index (χ0v) is 21.7. The summed E-state index contributed by atoms with van der Waals surface area (Å²) in [6.07, 6.45) is -0.963. The molecule has 2 atom stereocenters. The fourth-order valence-electron chi connectivity index (χ4n) is 5.68. The first-order valence-electron chi connectivity index (χ1n) is 13.2. The summed E-state index contributed by atoms with van der Waals surface area (Å²) in [7, 11) is 0. The molecule has 0 unspecified atom stereocenters. The maximum absolute atomic E-state index is 14.8. The van der Waals surface area contributed by atoms with Crippen molar-refractivity contribution in [2.45, 2.75) is 57.5 Å². The highest BCUT2D eigenvalue weighted by atomic mass is 19.4. The second kappa shape index (κ2) is 11.3. The second-order valence-corrected chi connectivity index (χ2v) is 10.2. The predicted molar refractivity (Wildman–Crippen MR) is 138 cm³/mol. The molecule has 1 aliphatic carbocycles. The Morgan fingerprint density at radius 1 is 1.00 bits per heavy atom. The zero-order valence-electron chi connectivity index (χ0n) is 21.7. The van der Waals surface area contributed by atoms with Gasteiger partial charge in [-0.15, -0.1) is 0 Å². The van der Waals surface area contributed by atoms with E-state index in [4.69, 9.17) is 14.2 Å². The maximum Gasteiger partial charge on any atom is 0.416 e. The minimum Gasteiger partial charge on any atom is -0.493 e. The summed E-state index contributed by atoms with van der Waals surface area (Å²) in [5, 5.41) is 0. The topological polar surface area (TPSA) is 44.8 Å². The molecular formula is C31H30F4O4. The van der Waals surface area contributed by atoms with Crippen molar-refractivity contribution in [3.63, 3.8) is 0 Å². The smallest absolute Gasteiger partial charge is 0.416 e. The van der Waals surface area contributed by atoms with Gasteiger partial charge in [0.05, 0.1) is 17.7 Å². The number of Topliss-reactive ketones (excluding diaryl/α,β-unsaturated/α-hetero) is 1. The lowest BCUT2D eigenvalue weighted by atomic mass is 9.75. The molecule has 0 saturated heterocycles. The van der Waals surface area contributed by atoms with Crippen LogP contribution in [0.5, 0.6) is 17.2 Å². The Balaban J connectivity index is 1.30. The van der Waals surface area contributed by atoms with Gasteiger partial charge in [0.15, 0.2) is 17.3 Å². The van der Waals surface area contributed by atoms with Crippen molar-refractivity contribution >= 4 is 5.78 Å². The molecule has 0 aromatic heterocycles. The first-order valence-corrected chi connectivity index (χ1v) is 13.2. The Hall–Kier alpha value is -3.55. The van der Waals surface area contributed by atoms with Crippen LogP contribution in [0.3, 0.4) is 0 Å². The summed E-state index contributed by atoms with van der Waals surface area (Å²) >= 11 is 0. The molecule has 3 aromatic carbocycles. The van der Waals surface area contributed by atoms with E-state index in [0.29, 0.717) is 29.4 Å². The van der Waals surface area contributed by atoms with Crippen molar-refractivity contribution < 1.29 is 36.6 Å². The molecule has 1 fully saturated rings. The second-order valence-electron chi connectivity index (χ2n) is 10.2. The van der Waals surface area contributed by atoms with E-state index in [1.54, 1.807) is 31.2 Å². The Labute approximate surface area is 224 Å². The van der Waals surface area contributed by atoms with Gasteiger partial charge in [0, 0.05) is 12.5 Å². The fraction of sp³-hybridized carbons (Fsp3) is 0.387. The number of halogens is 4. The minimum absolute atomic E-state index is 0.0722. The van der Waals surface area contributed by atoms with Crippen LogP contribution in [0.25, 0.3) is 0 Å². The summed E-state index contributed by atoms with van der Waals surface area (Å²) in [5.74, 6) is 1.07. The quantitative estimate of drug-likeness (QED) is 0.213. The van der Waals surface area contributed by atoms with Crippen LogP contribution < -0.4 is 14.2 Å². The normalized spacial score (nSPS) is 18.7. The van der Waals surface area contributed by atoms with Crippen molar-refractivity contribution in [3.05, 3.63) is 88.2 Å².